The van der Waals surface area contributed by atoms with Gasteiger partial charge in [-0.1, -0.05) is 0 Å². The molecule has 1 atom stereocenters. The summed E-state index contributed by atoms with van der Waals surface area (Å²) in [4.78, 5) is 35.5. The third-order valence-corrected chi connectivity index (χ3v) is 3.56. The van der Waals surface area contributed by atoms with Crippen molar-refractivity contribution in [1.29, 1.82) is 0 Å². The van der Waals surface area contributed by atoms with E-state index in [1.807, 2.05) is 0 Å². The van der Waals surface area contributed by atoms with Gasteiger partial charge in [0.2, 0.25) is 5.76 Å². The molecule has 0 aliphatic carbocycles. The van der Waals surface area contributed by atoms with E-state index >= 15 is 0 Å². The Morgan fingerprint density at radius 3 is 2.64 bits per heavy atom. The van der Waals surface area contributed by atoms with Crippen molar-refractivity contribution in [2.24, 2.45) is 0 Å². The average molecular weight is 348 g/mol. The van der Waals surface area contributed by atoms with Crippen LogP contribution in [0, 0.1) is 6.92 Å². The molecule has 2 aromatic rings. The van der Waals surface area contributed by atoms with Crippen molar-refractivity contribution < 1.29 is 28.3 Å². The van der Waals surface area contributed by atoms with Gasteiger partial charge in [0.05, 0.1) is 7.11 Å². The van der Waals surface area contributed by atoms with Crippen LogP contribution in [-0.2, 0) is 9.53 Å². The average Bonchev–Trinajstić information content (AvgIpc) is 2.91. The van der Waals surface area contributed by atoms with E-state index in [1.165, 1.54) is 6.92 Å². The van der Waals surface area contributed by atoms with Crippen molar-refractivity contribution in [2.45, 2.75) is 26.9 Å². The second-order valence-corrected chi connectivity index (χ2v) is 5.31. The van der Waals surface area contributed by atoms with E-state index in [9.17, 15) is 14.4 Å². The molecule has 0 unspecified atom stereocenters. The highest BCUT2D eigenvalue weighted by Gasteiger charge is 2.25. The lowest BCUT2D eigenvalue weighted by Gasteiger charge is -2.12. The SMILES string of the molecule is CCNC(=O)NC(=O)[C@H](C)OC(=O)c1oc2ccc(OC)cc2c1C. The second-order valence-electron chi connectivity index (χ2n) is 5.31. The molecule has 1 aromatic carbocycles. The number of nitrogens with one attached hydrogen (secondary N) is 2. The quantitative estimate of drug-likeness (QED) is 0.802. The Bertz CT molecular complexity index is 811. The second kappa shape index (κ2) is 7.69. The predicted octanol–water partition coefficient (Wildman–Crippen LogP) is 2.14. The molecule has 134 valence electrons. The molecule has 0 aliphatic heterocycles. The number of esters is 1. The lowest BCUT2D eigenvalue weighted by Crippen LogP contribution is -2.44. The van der Waals surface area contributed by atoms with Crippen LogP contribution in [0.4, 0.5) is 4.79 Å². The Kier molecular flexibility index (Phi) is 5.63. The molecule has 8 heteroatoms. The molecular formula is C17H20N2O6. The highest BCUT2D eigenvalue weighted by Crippen LogP contribution is 2.29. The van der Waals surface area contributed by atoms with E-state index in [4.69, 9.17) is 13.9 Å². The highest BCUT2D eigenvalue weighted by atomic mass is 16.6. The van der Waals surface area contributed by atoms with Gasteiger partial charge < -0.3 is 19.2 Å². The van der Waals surface area contributed by atoms with Crippen LogP contribution < -0.4 is 15.4 Å². The van der Waals surface area contributed by atoms with Crippen molar-refractivity contribution in [2.75, 3.05) is 13.7 Å². The molecule has 0 fully saturated rings. The van der Waals surface area contributed by atoms with Crippen LogP contribution in [-0.4, -0.2) is 37.7 Å². The van der Waals surface area contributed by atoms with E-state index < -0.39 is 24.0 Å². The third-order valence-electron chi connectivity index (χ3n) is 3.56. The molecule has 0 radical (unpaired) electrons. The first kappa shape index (κ1) is 18.3. The number of amides is 3. The highest BCUT2D eigenvalue weighted by molar-refractivity contribution is 6.00. The smallest absolute Gasteiger partial charge is 0.375 e. The largest absolute Gasteiger partial charge is 0.497 e. The summed E-state index contributed by atoms with van der Waals surface area (Å²) in [5, 5.41) is 5.21. The number of ether oxygens (including phenoxy) is 2. The van der Waals surface area contributed by atoms with Crippen LogP contribution in [0.2, 0.25) is 0 Å². The summed E-state index contributed by atoms with van der Waals surface area (Å²) in [6, 6.07) is 4.49. The van der Waals surface area contributed by atoms with E-state index in [2.05, 4.69) is 10.6 Å². The number of urea groups is 1. The lowest BCUT2D eigenvalue weighted by atomic mass is 10.1. The summed E-state index contributed by atoms with van der Waals surface area (Å²) < 4.78 is 15.8. The first-order valence-electron chi connectivity index (χ1n) is 7.74. The summed E-state index contributed by atoms with van der Waals surface area (Å²) in [6.45, 7) is 5.16. The molecular weight excluding hydrogens is 328 g/mol. The van der Waals surface area contributed by atoms with Gasteiger partial charge in [0.15, 0.2) is 6.10 Å². The molecule has 1 aromatic heterocycles. The Hall–Kier alpha value is -3.03. The standard InChI is InChI=1S/C17H20N2O6/c1-5-18-17(22)19-15(20)10(3)24-16(21)14-9(2)12-8-11(23-4)6-7-13(12)25-14/h6-8,10H,5H2,1-4H3,(H2,18,19,20,22)/t10-/m0/s1. The monoisotopic (exact) mass is 348 g/mol. The number of imide groups is 1. The number of furan rings is 1. The molecule has 3 amide bonds. The molecule has 8 nitrogen and oxygen atoms in total. The van der Waals surface area contributed by atoms with Crippen LogP contribution in [0.3, 0.4) is 0 Å². The summed E-state index contributed by atoms with van der Waals surface area (Å²) in [6.07, 6.45) is -1.16. The van der Waals surface area contributed by atoms with Gasteiger partial charge in [0.1, 0.15) is 11.3 Å². The van der Waals surface area contributed by atoms with Gasteiger partial charge in [-0.15, -0.1) is 0 Å². The fourth-order valence-electron chi connectivity index (χ4n) is 2.21. The van der Waals surface area contributed by atoms with E-state index in [0.29, 0.717) is 28.8 Å². The molecule has 1 heterocycles. The maximum absolute atomic E-state index is 12.3. The number of methoxy groups -OCH3 is 1. The lowest BCUT2D eigenvalue weighted by molar-refractivity contribution is -0.128. The van der Waals surface area contributed by atoms with Gasteiger partial charge in [0, 0.05) is 17.5 Å². The van der Waals surface area contributed by atoms with Gasteiger partial charge in [-0.05, 0) is 39.0 Å². The van der Waals surface area contributed by atoms with E-state index in [-0.39, 0.29) is 5.76 Å². The summed E-state index contributed by atoms with van der Waals surface area (Å²) >= 11 is 0. The van der Waals surface area contributed by atoms with Crippen LogP contribution in [0.1, 0.15) is 30.0 Å². The summed E-state index contributed by atoms with van der Waals surface area (Å²) in [5.41, 5.74) is 1.08. The van der Waals surface area contributed by atoms with Crippen molar-refractivity contribution >= 4 is 28.9 Å². The Morgan fingerprint density at radius 1 is 1.28 bits per heavy atom. The minimum atomic E-state index is -1.16. The maximum atomic E-state index is 12.3. The normalized spacial score (nSPS) is 11.7. The molecule has 0 spiro atoms. The molecule has 0 saturated heterocycles. The molecule has 0 bridgehead atoms. The number of carbonyl (C=O) groups excluding carboxylic acids is 3. The third kappa shape index (κ3) is 4.09. The number of carbonyl (C=O) groups is 3. The topological polar surface area (TPSA) is 107 Å². The predicted molar refractivity (Wildman–Crippen MR) is 89.6 cm³/mol. The van der Waals surface area contributed by atoms with Gasteiger partial charge in [0.25, 0.3) is 5.91 Å². The number of hydrogen-bond donors (Lipinski definition) is 2. The van der Waals surface area contributed by atoms with E-state index in [0.717, 1.165) is 0 Å². The zero-order chi connectivity index (χ0) is 18.6. The number of rotatable bonds is 5. The van der Waals surface area contributed by atoms with Gasteiger partial charge in [-0.25, -0.2) is 9.59 Å². The maximum Gasteiger partial charge on any atom is 0.375 e. The molecule has 2 rings (SSSR count). The number of benzene rings is 1. The zero-order valence-electron chi connectivity index (χ0n) is 14.5. The fourth-order valence-corrected chi connectivity index (χ4v) is 2.21. The van der Waals surface area contributed by atoms with Crippen molar-refractivity contribution in [3.05, 3.63) is 29.5 Å². The van der Waals surface area contributed by atoms with Crippen LogP contribution >= 0.6 is 0 Å². The van der Waals surface area contributed by atoms with Gasteiger partial charge >= 0.3 is 12.0 Å². The minimum Gasteiger partial charge on any atom is -0.497 e. The molecule has 25 heavy (non-hydrogen) atoms. The van der Waals surface area contributed by atoms with Crippen LogP contribution in [0.5, 0.6) is 5.75 Å². The van der Waals surface area contributed by atoms with E-state index in [1.54, 1.807) is 39.2 Å². The Balaban J connectivity index is 2.12. The molecule has 0 aliphatic rings. The van der Waals surface area contributed by atoms with Gasteiger partial charge in [-0.3, -0.25) is 10.1 Å². The summed E-state index contributed by atoms with van der Waals surface area (Å²) in [7, 11) is 1.54. The van der Waals surface area contributed by atoms with Crippen LogP contribution in [0.15, 0.2) is 22.6 Å². The van der Waals surface area contributed by atoms with Gasteiger partial charge in [-0.2, -0.15) is 0 Å². The fraction of sp³-hybridized carbons (Fsp3) is 0.353. The Labute approximate surface area is 144 Å². The molecule has 0 saturated carbocycles. The first-order valence-corrected chi connectivity index (χ1v) is 7.74. The molecule has 2 N–H and O–H groups in total. The number of aryl methyl sites for hydroxylation is 1. The minimum absolute atomic E-state index is 0.000845. The van der Waals surface area contributed by atoms with Crippen molar-refractivity contribution in [3.63, 3.8) is 0 Å². The number of fused-ring (bicyclic) bond motifs is 1. The van der Waals surface area contributed by atoms with Crippen molar-refractivity contribution in [1.82, 2.24) is 10.6 Å². The first-order chi connectivity index (χ1) is 11.9. The Morgan fingerprint density at radius 2 is 2.00 bits per heavy atom. The van der Waals surface area contributed by atoms with Crippen LogP contribution in [0.25, 0.3) is 11.0 Å². The van der Waals surface area contributed by atoms with Crippen molar-refractivity contribution in [3.8, 4) is 5.75 Å². The summed E-state index contributed by atoms with van der Waals surface area (Å²) in [5.74, 6) is -0.882. The number of hydrogen-bond acceptors (Lipinski definition) is 6. The zero-order valence-corrected chi connectivity index (χ0v) is 14.5.